The SMILES string of the molecule is C[C-](C)C. The second-order valence-corrected chi connectivity index (χ2v) is 1.50. The van der Waals surface area contributed by atoms with Gasteiger partial charge in [-0.1, -0.05) is 0 Å². The summed E-state index contributed by atoms with van der Waals surface area (Å²) in [6.07, 6.45) is 0. The predicted molar refractivity (Wildman–Crippen MR) is 20.3 cm³/mol. The first-order valence-electron chi connectivity index (χ1n) is 1.50. The molecule has 0 spiro atoms. The summed E-state index contributed by atoms with van der Waals surface area (Å²) in [5.41, 5.74) is 0. The second-order valence-electron chi connectivity index (χ2n) is 1.50. The summed E-state index contributed by atoms with van der Waals surface area (Å²) in [7, 11) is 0. The lowest BCUT2D eigenvalue weighted by Crippen LogP contribution is -1.62. The first-order valence-corrected chi connectivity index (χ1v) is 1.50. The summed E-state index contributed by atoms with van der Waals surface area (Å²) in [6.45, 7) is 6.25. The Bertz CT molecular complexity index is 4.75. The van der Waals surface area contributed by atoms with Crippen LogP contribution in [0.1, 0.15) is 20.8 Å². The maximum atomic E-state index is 2.08. The highest BCUT2D eigenvalue weighted by Gasteiger charge is 1.48. The third-order valence-corrected chi connectivity index (χ3v) is 0. The van der Waals surface area contributed by atoms with Crippen molar-refractivity contribution in [3.8, 4) is 0 Å². The molecule has 4 heavy (non-hydrogen) atoms. The van der Waals surface area contributed by atoms with Crippen molar-refractivity contribution in [2.24, 2.45) is 0 Å². The molecular formula is C4H9-. The third kappa shape index (κ3) is 0. The van der Waals surface area contributed by atoms with E-state index < -0.39 is 0 Å². The molecule has 0 bridgehead atoms. The van der Waals surface area contributed by atoms with Gasteiger partial charge in [0.15, 0.2) is 0 Å². The molecule has 0 saturated heterocycles. The van der Waals surface area contributed by atoms with Gasteiger partial charge in [0.05, 0.1) is 0 Å². The minimum absolute atomic E-state index is 1.42. The van der Waals surface area contributed by atoms with Gasteiger partial charge in [-0.3, -0.25) is 0 Å². The van der Waals surface area contributed by atoms with Crippen molar-refractivity contribution in [1.82, 2.24) is 0 Å². The Morgan fingerprint density at radius 2 is 1.00 bits per heavy atom. The Labute approximate surface area is 27.8 Å². The monoisotopic (exact) mass is 57.1 g/mol. The van der Waals surface area contributed by atoms with Crippen LogP contribution in [0.15, 0.2) is 0 Å². The molecule has 0 amide bonds. The van der Waals surface area contributed by atoms with Gasteiger partial charge in [0.2, 0.25) is 0 Å². The Morgan fingerprint density at radius 1 is 1.00 bits per heavy atom. The van der Waals surface area contributed by atoms with E-state index in [4.69, 9.17) is 0 Å². The topological polar surface area (TPSA) is 0 Å². The maximum Gasteiger partial charge on any atom is -0.189 e. The van der Waals surface area contributed by atoms with Crippen LogP contribution in [-0.4, -0.2) is 0 Å². The molecule has 0 radical (unpaired) electrons. The van der Waals surface area contributed by atoms with Crippen molar-refractivity contribution in [1.29, 1.82) is 0 Å². The van der Waals surface area contributed by atoms with Gasteiger partial charge in [-0.15, -0.1) is 0 Å². The number of hydrogen-bond acceptors (Lipinski definition) is 0. The van der Waals surface area contributed by atoms with Gasteiger partial charge >= 0.3 is 0 Å². The summed E-state index contributed by atoms with van der Waals surface area (Å²) in [4.78, 5) is 0. The van der Waals surface area contributed by atoms with E-state index in [-0.39, 0.29) is 0 Å². The summed E-state index contributed by atoms with van der Waals surface area (Å²) >= 11 is 0. The highest BCUT2D eigenvalue weighted by atomic mass is 13.7. The van der Waals surface area contributed by atoms with Crippen LogP contribution < -0.4 is 0 Å². The molecule has 0 aliphatic carbocycles. The highest BCUT2D eigenvalue weighted by molar-refractivity contribution is 4.64. The molecule has 0 unspecified atom stereocenters. The zero-order valence-corrected chi connectivity index (χ0v) is 3.50. The lowest BCUT2D eigenvalue weighted by atomic mass is 10.3. The van der Waals surface area contributed by atoms with Crippen LogP contribution in [-0.2, 0) is 0 Å². The molecule has 26 valence electrons. The molecule has 0 saturated carbocycles. The summed E-state index contributed by atoms with van der Waals surface area (Å²) in [5, 5.41) is 0. The number of rotatable bonds is 0. The smallest absolute Gasteiger partial charge is 0.189 e. The Hall–Kier alpha value is 0. The maximum absolute atomic E-state index is 2.08. The summed E-state index contributed by atoms with van der Waals surface area (Å²) in [5.74, 6) is 1.42. The fourth-order valence-corrected chi connectivity index (χ4v) is 0. The van der Waals surface area contributed by atoms with Crippen LogP contribution in [0.25, 0.3) is 0 Å². The Balaban J connectivity index is 2.32. The molecule has 0 aliphatic rings. The van der Waals surface area contributed by atoms with Crippen molar-refractivity contribution in [3.63, 3.8) is 0 Å². The van der Waals surface area contributed by atoms with E-state index in [2.05, 4.69) is 20.8 Å². The van der Waals surface area contributed by atoms with Crippen LogP contribution in [0.3, 0.4) is 0 Å². The molecule has 0 heteroatoms. The molecule has 0 aromatic carbocycles. The standard InChI is InChI=1S/C4H9/c1-4(2)3/h1-3H3/q-1. The van der Waals surface area contributed by atoms with Crippen LogP contribution >= 0.6 is 0 Å². The Morgan fingerprint density at radius 3 is 1.00 bits per heavy atom. The van der Waals surface area contributed by atoms with Gasteiger partial charge in [-0.2, -0.15) is 20.8 Å². The second kappa shape index (κ2) is 1.33. The average molecular weight is 57.1 g/mol. The van der Waals surface area contributed by atoms with E-state index in [1.54, 1.807) is 0 Å². The molecule has 0 fully saturated rings. The highest BCUT2D eigenvalue weighted by Crippen LogP contribution is 1.85. The van der Waals surface area contributed by atoms with E-state index >= 15 is 0 Å². The molecule has 0 aromatic rings. The van der Waals surface area contributed by atoms with Crippen molar-refractivity contribution < 1.29 is 0 Å². The van der Waals surface area contributed by atoms with E-state index in [0.717, 1.165) is 0 Å². The molecule has 0 aromatic heterocycles. The predicted octanol–water partition coefficient (Wildman–Crippen LogP) is 1.62. The van der Waals surface area contributed by atoms with Crippen LogP contribution in [0.2, 0.25) is 0 Å². The van der Waals surface area contributed by atoms with Crippen LogP contribution in [0.4, 0.5) is 0 Å². The molecule has 0 nitrogen and oxygen atoms in total. The van der Waals surface area contributed by atoms with E-state index in [1.165, 1.54) is 5.92 Å². The van der Waals surface area contributed by atoms with Gasteiger partial charge in [0, 0.05) is 0 Å². The number of hydrogen-bond donors (Lipinski definition) is 0. The van der Waals surface area contributed by atoms with Gasteiger partial charge in [-0.05, 0) is 0 Å². The molecule has 0 aliphatic heterocycles. The van der Waals surface area contributed by atoms with E-state index in [9.17, 15) is 0 Å². The average Bonchev–Trinajstić information content (AvgIpc) is 0.811. The molecule has 0 N–H and O–H groups in total. The molecule has 0 atom stereocenters. The van der Waals surface area contributed by atoms with E-state index in [0.29, 0.717) is 0 Å². The molecule has 0 rings (SSSR count). The van der Waals surface area contributed by atoms with Gasteiger partial charge in [0.1, 0.15) is 0 Å². The zero-order valence-electron chi connectivity index (χ0n) is 3.50. The zero-order chi connectivity index (χ0) is 3.58. The van der Waals surface area contributed by atoms with Crippen molar-refractivity contribution in [2.45, 2.75) is 20.8 Å². The lowest BCUT2D eigenvalue weighted by Gasteiger charge is -1.99. The normalized spacial score (nSPS) is 9.00. The van der Waals surface area contributed by atoms with Gasteiger partial charge in [-0.25, -0.2) is 0 Å². The summed E-state index contributed by atoms with van der Waals surface area (Å²) in [6, 6.07) is 0. The third-order valence-electron chi connectivity index (χ3n) is 0. The van der Waals surface area contributed by atoms with E-state index in [1.807, 2.05) is 0 Å². The minimum Gasteiger partial charge on any atom is -0.323 e. The van der Waals surface area contributed by atoms with Crippen molar-refractivity contribution in [3.05, 3.63) is 5.92 Å². The fourth-order valence-electron chi connectivity index (χ4n) is 0. The van der Waals surface area contributed by atoms with Crippen molar-refractivity contribution >= 4 is 0 Å². The fraction of sp³-hybridized carbons (Fsp3) is 0.750. The van der Waals surface area contributed by atoms with Gasteiger partial charge in [0.25, 0.3) is 0 Å². The lowest BCUT2D eigenvalue weighted by molar-refractivity contribution is 1.10. The minimum atomic E-state index is 1.42. The Kier molecular flexibility index (Phi) is 1.33. The van der Waals surface area contributed by atoms with Gasteiger partial charge < -0.3 is 5.92 Å². The molecular weight excluding hydrogens is 48.0 g/mol. The quantitative estimate of drug-likeness (QED) is 0.370. The molecule has 0 heterocycles. The van der Waals surface area contributed by atoms with Crippen LogP contribution in [0.5, 0.6) is 0 Å². The summed E-state index contributed by atoms with van der Waals surface area (Å²) < 4.78 is 0. The first kappa shape index (κ1) is 4.00. The largest absolute Gasteiger partial charge is 0.323 e. The van der Waals surface area contributed by atoms with Crippen LogP contribution in [0, 0.1) is 5.92 Å². The first-order chi connectivity index (χ1) is 1.73. The van der Waals surface area contributed by atoms with Crippen molar-refractivity contribution in [2.75, 3.05) is 0 Å².